The minimum Gasteiger partial charge on any atom is -0.395 e. The maximum absolute atomic E-state index is 9.49. The maximum Gasteiger partial charge on any atom is 0.151 e. The molecule has 1 aliphatic heterocycles. The molecule has 3 rings (SSSR count). The van der Waals surface area contributed by atoms with E-state index in [2.05, 4.69) is 29.1 Å². The summed E-state index contributed by atoms with van der Waals surface area (Å²) in [7, 11) is 1.71. The van der Waals surface area contributed by atoms with Crippen molar-refractivity contribution in [1.82, 2.24) is 10.1 Å². The van der Waals surface area contributed by atoms with Crippen LogP contribution in [0.4, 0.5) is 0 Å². The van der Waals surface area contributed by atoms with E-state index in [1.807, 2.05) is 18.2 Å². The predicted octanol–water partition coefficient (Wildman–Crippen LogP) is 2.23. The van der Waals surface area contributed by atoms with E-state index in [4.69, 9.17) is 9.26 Å². The molecule has 5 heteroatoms. The molecule has 0 aliphatic carbocycles. The van der Waals surface area contributed by atoms with Gasteiger partial charge in [0.15, 0.2) is 5.76 Å². The second-order valence-electron chi connectivity index (χ2n) is 5.90. The Kier molecular flexibility index (Phi) is 4.57. The number of likely N-dealkylation sites (tertiary alicyclic amines) is 1. The van der Waals surface area contributed by atoms with Crippen LogP contribution in [0.3, 0.4) is 0 Å². The van der Waals surface area contributed by atoms with E-state index in [0.29, 0.717) is 6.54 Å². The number of aliphatic hydroxyl groups is 1. The van der Waals surface area contributed by atoms with Gasteiger partial charge < -0.3 is 14.4 Å². The van der Waals surface area contributed by atoms with Gasteiger partial charge in [-0.25, -0.2) is 0 Å². The van der Waals surface area contributed by atoms with Crippen LogP contribution in [-0.2, 0) is 11.3 Å². The molecule has 0 spiro atoms. The number of hydrogen-bond acceptors (Lipinski definition) is 5. The molecule has 2 heterocycles. The highest BCUT2D eigenvalue weighted by Gasteiger charge is 2.32. The Bertz CT molecular complexity index is 609. The number of aliphatic hydroxyl groups excluding tert-OH is 1. The van der Waals surface area contributed by atoms with E-state index in [-0.39, 0.29) is 18.8 Å². The molecule has 1 aromatic heterocycles. The van der Waals surface area contributed by atoms with E-state index in [9.17, 15) is 5.11 Å². The van der Waals surface area contributed by atoms with E-state index in [0.717, 1.165) is 30.0 Å². The van der Waals surface area contributed by atoms with Gasteiger partial charge in [0, 0.05) is 31.3 Å². The predicted molar refractivity (Wildman–Crippen MR) is 83.4 cm³/mol. The molecule has 0 radical (unpaired) electrons. The molecule has 2 aromatic rings. The van der Waals surface area contributed by atoms with Gasteiger partial charge >= 0.3 is 0 Å². The van der Waals surface area contributed by atoms with Gasteiger partial charge in [-0.15, -0.1) is 0 Å². The number of aromatic nitrogens is 1. The standard InChI is InChI=1S/C17H22N2O3/c1-12-3-5-13(6-4-12)17-8-16(22-18-17)10-19-9-15(21-2)7-14(19)11-20/h3-6,8,14-15,20H,7,9-11H2,1-2H3/t14-,15+/m0/s1. The Morgan fingerprint density at radius 3 is 2.82 bits per heavy atom. The number of rotatable bonds is 5. The van der Waals surface area contributed by atoms with Crippen LogP contribution in [0, 0.1) is 6.92 Å². The zero-order chi connectivity index (χ0) is 15.5. The van der Waals surface area contributed by atoms with E-state index in [1.54, 1.807) is 7.11 Å². The van der Waals surface area contributed by atoms with E-state index >= 15 is 0 Å². The van der Waals surface area contributed by atoms with Gasteiger partial charge in [0.2, 0.25) is 0 Å². The van der Waals surface area contributed by atoms with Crippen molar-refractivity contribution in [3.05, 3.63) is 41.7 Å². The molecule has 1 N–H and O–H groups in total. The zero-order valence-electron chi connectivity index (χ0n) is 13.0. The van der Waals surface area contributed by atoms with Crippen LogP contribution in [0.5, 0.6) is 0 Å². The van der Waals surface area contributed by atoms with E-state index < -0.39 is 0 Å². The topological polar surface area (TPSA) is 58.7 Å². The first-order valence-electron chi connectivity index (χ1n) is 7.60. The fourth-order valence-electron chi connectivity index (χ4n) is 2.94. The third-order valence-electron chi connectivity index (χ3n) is 4.30. The second kappa shape index (κ2) is 6.60. The molecular formula is C17H22N2O3. The summed E-state index contributed by atoms with van der Waals surface area (Å²) >= 11 is 0. The lowest BCUT2D eigenvalue weighted by atomic mass is 10.1. The van der Waals surface area contributed by atoms with Crippen molar-refractivity contribution < 1.29 is 14.4 Å². The van der Waals surface area contributed by atoms with Crippen molar-refractivity contribution in [2.75, 3.05) is 20.3 Å². The highest BCUT2D eigenvalue weighted by Crippen LogP contribution is 2.24. The molecule has 22 heavy (non-hydrogen) atoms. The molecule has 2 atom stereocenters. The van der Waals surface area contributed by atoms with Crippen molar-refractivity contribution in [1.29, 1.82) is 0 Å². The number of benzene rings is 1. The van der Waals surface area contributed by atoms with Crippen LogP contribution >= 0.6 is 0 Å². The lowest BCUT2D eigenvalue weighted by Crippen LogP contribution is -2.31. The summed E-state index contributed by atoms with van der Waals surface area (Å²) in [6.07, 6.45) is 1.03. The summed E-state index contributed by atoms with van der Waals surface area (Å²) < 4.78 is 10.9. The van der Waals surface area contributed by atoms with Crippen molar-refractivity contribution in [3.8, 4) is 11.3 Å². The molecule has 1 fully saturated rings. The highest BCUT2D eigenvalue weighted by atomic mass is 16.5. The Balaban J connectivity index is 1.70. The number of nitrogens with zero attached hydrogens (tertiary/aromatic N) is 2. The Labute approximate surface area is 130 Å². The normalized spacial score (nSPS) is 22.3. The van der Waals surface area contributed by atoms with Crippen molar-refractivity contribution in [2.24, 2.45) is 0 Å². The average molecular weight is 302 g/mol. The van der Waals surface area contributed by atoms with Gasteiger partial charge in [-0.3, -0.25) is 4.90 Å². The molecule has 0 amide bonds. The minimum atomic E-state index is 0.123. The summed E-state index contributed by atoms with van der Waals surface area (Å²) in [6.45, 7) is 3.65. The van der Waals surface area contributed by atoms with Crippen LogP contribution in [-0.4, -0.2) is 47.6 Å². The lowest BCUT2D eigenvalue weighted by molar-refractivity contribution is 0.105. The van der Waals surface area contributed by atoms with Crippen LogP contribution in [0.15, 0.2) is 34.9 Å². The average Bonchev–Trinajstić information content (AvgIpc) is 3.15. The zero-order valence-corrected chi connectivity index (χ0v) is 13.0. The third kappa shape index (κ3) is 3.21. The quantitative estimate of drug-likeness (QED) is 0.918. The Morgan fingerprint density at radius 1 is 1.36 bits per heavy atom. The molecule has 1 saturated heterocycles. The van der Waals surface area contributed by atoms with E-state index in [1.165, 1.54) is 5.56 Å². The minimum absolute atomic E-state index is 0.123. The molecule has 0 bridgehead atoms. The summed E-state index contributed by atoms with van der Waals surface area (Å²) in [6, 6.07) is 10.3. The molecule has 1 aromatic carbocycles. The molecule has 118 valence electrons. The molecule has 0 unspecified atom stereocenters. The maximum atomic E-state index is 9.49. The van der Waals surface area contributed by atoms with Gasteiger partial charge in [0.1, 0.15) is 5.69 Å². The first-order valence-corrected chi connectivity index (χ1v) is 7.60. The van der Waals surface area contributed by atoms with Crippen LogP contribution < -0.4 is 0 Å². The number of ether oxygens (including phenoxy) is 1. The van der Waals surface area contributed by atoms with Gasteiger partial charge in [-0.2, -0.15) is 0 Å². The number of hydrogen-bond donors (Lipinski definition) is 1. The first-order chi connectivity index (χ1) is 10.7. The van der Waals surface area contributed by atoms with Crippen LogP contribution in [0.2, 0.25) is 0 Å². The largest absolute Gasteiger partial charge is 0.395 e. The third-order valence-corrected chi connectivity index (χ3v) is 4.30. The van der Waals surface area contributed by atoms with Gasteiger partial charge in [0.25, 0.3) is 0 Å². The van der Waals surface area contributed by atoms with Crippen molar-refractivity contribution in [3.63, 3.8) is 0 Å². The van der Waals surface area contributed by atoms with Crippen LogP contribution in [0.1, 0.15) is 17.7 Å². The monoisotopic (exact) mass is 302 g/mol. The Morgan fingerprint density at radius 2 is 2.14 bits per heavy atom. The van der Waals surface area contributed by atoms with Crippen molar-refractivity contribution >= 4 is 0 Å². The summed E-state index contributed by atoms with van der Waals surface area (Å²) in [4.78, 5) is 2.19. The fraction of sp³-hybridized carbons (Fsp3) is 0.471. The molecular weight excluding hydrogens is 280 g/mol. The summed E-state index contributed by atoms with van der Waals surface area (Å²) in [5, 5.41) is 13.6. The molecule has 1 aliphatic rings. The number of methoxy groups -OCH3 is 1. The summed E-state index contributed by atoms with van der Waals surface area (Å²) in [5.41, 5.74) is 3.12. The smallest absolute Gasteiger partial charge is 0.151 e. The second-order valence-corrected chi connectivity index (χ2v) is 5.90. The summed E-state index contributed by atoms with van der Waals surface area (Å²) in [5.74, 6) is 0.811. The lowest BCUT2D eigenvalue weighted by Gasteiger charge is -2.20. The molecule has 5 nitrogen and oxygen atoms in total. The van der Waals surface area contributed by atoms with Gasteiger partial charge in [-0.05, 0) is 13.3 Å². The Hall–Kier alpha value is -1.69. The van der Waals surface area contributed by atoms with Gasteiger partial charge in [0.05, 0.1) is 19.3 Å². The number of aryl methyl sites for hydroxylation is 1. The molecule has 0 saturated carbocycles. The van der Waals surface area contributed by atoms with Crippen molar-refractivity contribution in [2.45, 2.75) is 32.0 Å². The SMILES string of the molecule is CO[C@@H]1C[C@@H](CO)N(Cc2cc(-c3ccc(C)cc3)no2)C1. The first kappa shape index (κ1) is 15.2. The van der Waals surface area contributed by atoms with Crippen LogP contribution in [0.25, 0.3) is 11.3 Å². The van der Waals surface area contributed by atoms with Gasteiger partial charge in [-0.1, -0.05) is 35.0 Å². The highest BCUT2D eigenvalue weighted by molar-refractivity contribution is 5.59. The fourth-order valence-corrected chi connectivity index (χ4v) is 2.94.